The molecule has 136 valence electrons. The third-order valence-electron chi connectivity index (χ3n) is 4.35. The molecule has 2 amide bonds. The molecular weight excluding hydrogens is 332 g/mol. The first-order valence-electron chi connectivity index (χ1n) is 8.62. The molecule has 1 fully saturated rings. The van der Waals surface area contributed by atoms with Crippen LogP contribution in [0.15, 0.2) is 54.6 Å². The second kappa shape index (κ2) is 8.49. The van der Waals surface area contributed by atoms with Crippen molar-refractivity contribution < 1.29 is 19.4 Å². The molecule has 3 rings (SSSR count). The molecule has 0 saturated carbocycles. The predicted octanol–water partition coefficient (Wildman–Crippen LogP) is 1.59. The average molecular weight is 354 g/mol. The summed E-state index contributed by atoms with van der Waals surface area (Å²) in [6, 6.07) is 16.1. The van der Waals surface area contributed by atoms with Crippen LogP contribution in [0.1, 0.15) is 15.9 Å². The maximum Gasteiger partial charge on any atom is 0.251 e. The highest BCUT2D eigenvalue weighted by Gasteiger charge is 2.26. The van der Waals surface area contributed by atoms with E-state index in [-0.39, 0.29) is 30.3 Å². The van der Waals surface area contributed by atoms with Gasteiger partial charge in [0.1, 0.15) is 12.4 Å². The molecule has 2 aromatic rings. The highest BCUT2D eigenvalue weighted by Crippen LogP contribution is 2.11. The van der Waals surface area contributed by atoms with E-state index in [4.69, 9.17) is 4.74 Å². The highest BCUT2D eigenvalue weighted by atomic mass is 16.5. The van der Waals surface area contributed by atoms with E-state index in [1.54, 1.807) is 17.0 Å². The third kappa shape index (κ3) is 4.83. The Labute approximate surface area is 152 Å². The second-order valence-electron chi connectivity index (χ2n) is 6.27. The van der Waals surface area contributed by atoms with Crippen LogP contribution in [-0.2, 0) is 16.0 Å². The molecule has 1 aliphatic heterocycles. The minimum absolute atomic E-state index is 0.0259. The smallest absolute Gasteiger partial charge is 0.251 e. The molecule has 0 spiro atoms. The second-order valence-corrected chi connectivity index (χ2v) is 6.27. The number of nitrogens with zero attached hydrogens (tertiary/aromatic N) is 1. The van der Waals surface area contributed by atoms with Crippen molar-refractivity contribution in [2.24, 2.45) is 0 Å². The van der Waals surface area contributed by atoms with Crippen LogP contribution in [0.25, 0.3) is 0 Å². The number of benzene rings is 2. The van der Waals surface area contributed by atoms with Crippen LogP contribution >= 0.6 is 0 Å². The molecule has 0 radical (unpaired) electrons. The largest absolute Gasteiger partial charge is 0.508 e. The van der Waals surface area contributed by atoms with E-state index in [9.17, 15) is 14.7 Å². The summed E-state index contributed by atoms with van der Waals surface area (Å²) in [7, 11) is 0. The number of carbonyl (C=O) groups is 2. The summed E-state index contributed by atoms with van der Waals surface area (Å²) in [5, 5.41) is 12.1. The zero-order chi connectivity index (χ0) is 18.4. The molecule has 1 saturated heterocycles. The summed E-state index contributed by atoms with van der Waals surface area (Å²) in [4.78, 5) is 26.0. The molecule has 6 heteroatoms. The Morgan fingerprint density at radius 1 is 1.15 bits per heavy atom. The van der Waals surface area contributed by atoms with Crippen molar-refractivity contribution in [1.82, 2.24) is 10.2 Å². The van der Waals surface area contributed by atoms with Gasteiger partial charge in [0.2, 0.25) is 5.91 Å². The van der Waals surface area contributed by atoms with Gasteiger partial charge in [-0.2, -0.15) is 0 Å². The number of aromatic hydroxyl groups is 1. The third-order valence-corrected chi connectivity index (χ3v) is 4.35. The monoisotopic (exact) mass is 354 g/mol. The van der Waals surface area contributed by atoms with Crippen molar-refractivity contribution in [2.75, 3.05) is 26.2 Å². The number of ether oxygens (including phenoxy) is 1. The van der Waals surface area contributed by atoms with Gasteiger partial charge in [0.15, 0.2) is 0 Å². The van der Waals surface area contributed by atoms with E-state index < -0.39 is 0 Å². The summed E-state index contributed by atoms with van der Waals surface area (Å²) >= 11 is 0. The van der Waals surface area contributed by atoms with Crippen molar-refractivity contribution in [3.8, 4) is 5.75 Å². The summed E-state index contributed by atoms with van der Waals surface area (Å²) in [5.41, 5.74) is 1.65. The van der Waals surface area contributed by atoms with Gasteiger partial charge in [0.05, 0.1) is 6.10 Å². The minimum Gasteiger partial charge on any atom is -0.508 e. The fourth-order valence-corrected chi connectivity index (χ4v) is 2.85. The normalized spacial score (nSPS) is 17.2. The minimum atomic E-state index is -0.235. The number of rotatable bonds is 6. The number of phenolic OH excluding ortho intramolecular Hbond substituents is 1. The van der Waals surface area contributed by atoms with Crippen molar-refractivity contribution in [3.63, 3.8) is 0 Å². The van der Waals surface area contributed by atoms with E-state index in [0.29, 0.717) is 25.2 Å². The molecular formula is C20H22N2O4. The molecule has 0 aromatic heterocycles. The Morgan fingerprint density at radius 3 is 2.62 bits per heavy atom. The molecule has 2 aromatic carbocycles. The van der Waals surface area contributed by atoms with Gasteiger partial charge < -0.3 is 20.1 Å². The summed E-state index contributed by atoms with van der Waals surface area (Å²) in [5.74, 6) is -0.145. The van der Waals surface area contributed by atoms with Gasteiger partial charge in [0, 0.05) is 25.2 Å². The van der Waals surface area contributed by atoms with Gasteiger partial charge in [-0.25, -0.2) is 0 Å². The quantitative estimate of drug-likeness (QED) is 0.826. The van der Waals surface area contributed by atoms with Crippen molar-refractivity contribution in [3.05, 3.63) is 65.7 Å². The molecule has 0 bridgehead atoms. The van der Waals surface area contributed by atoms with Gasteiger partial charge in [-0.1, -0.05) is 30.3 Å². The number of nitrogens with one attached hydrogen (secondary N) is 1. The Bertz CT molecular complexity index is 746. The number of amides is 2. The average Bonchev–Trinajstić information content (AvgIpc) is 2.67. The fourth-order valence-electron chi connectivity index (χ4n) is 2.85. The van der Waals surface area contributed by atoms with Gasteiger partial charge >= 0.3 is 0 Å². The van der Waals surface area contributed by atoms with Crippen LogP contribution in [0.2, 0.25) is 0 Å². The number of carbonyl (C=O) groups excluding carboxylic acids is 2. The summed E-state index contributed by atoms with van der Waals surface area (Å²) in [6.45, 7) is 1.46. The lowest BCUT2D eigenvalue weighted by atomic mass is 10.1. The van der Waals surface area contributed by atoms with E-state index in [0.717, 1.165) is 6.42 Å². The first-order chi connectivity index (χ1) is 12.6. The number of phenols is 1. The molecule has 26 heavy (non-hydrogen) atoms. The zero-order valence-electron chi connectivity index (χ0n) is 14.4. The highest BCUT2D eigenvalue weighted by molar-refractivity contribution is 5.94. The maximum absolute atomic E-state index is 12.1. The van der Waals surface area contributed by atoms with Crippen molar-refractivity contribution >= 4 is 11.8 Å². The molecule has 1 atom stereocenters. The Balaban J connectivity index is 1.48. The molecule has 1 unspecified atom stereocenters. The maximum atomic E-state index is 12.1. The van der Waals surface area contributed by atoms with Crippen LogP contribution in [0, 0.1) is 0 Å². The predicted molar refractivity (Wildman–Crippen MR) is 96.9 cm³/mol. The van der Waals surface area contributed by atoms with Crippen LogP contribution in [0.3, 0.4) is 0 Å². The van der Waals surface area contributed by atoms with Crippen molar-refractivity contribution in [2.45, 2.75) is 12.5 Å². The van der Waals surface area contributed by atoms with E-state index in [2.05, 4.69) is 5.32 Å². The number of morpholine rings is 1. The SMILES string of the molecule is O=C(NCC1CN(CCc2ccccc2)C(=O)CO1)c1ccc(O)cc1. The van der Waals surface area contributed by atoms with E-state index >= 15 is 0 Å². The molecule has 0 aliphatic carbocycles. The van der Waals surface area contributed by atoms with Gasteiger partial charge in [-0.3, -0.25) is 9.59 Å². The van der Waals surface area contributed by atoms with E-state index in [1.807, 2.05) is 30.3 Å². The van der Waals surface area contributed by atoms with Crippen LogP contribution in [0.4, 0.5) is 0 Å². The fraction of sp³-hybridized carbons (Fsp3) is 0.300. The Morgan fingerprint density at radius 2 is 1.88 bits per heavy atom. The van der Waals surface area contributed by atoms with E-state index in [1.165, 1.54) is 17.7 Å². The van der Waals surface area contributed by atoms with Gasteiger partial charge in [0.25, 0.3) is 5.91 Å². The van der Waals surface area contributed by atoms with Crippen LogP contribution < -0.4 is 5.32 Å². The van der Waals surface area contributed by atoms with Gasteiger partial charge in [-0.05, 0) is 36.2 Å². The van der Waals surface area contributed by atoms with Crippen LogP contribution in [0.5, 0.6) is 5.75 Å². The summed E-state index contributed by atoms with van der Waals surface area (Å²) in [6.07, 6.45) is 0.559. The van der Waals surface area contributed by atoms with Gasteiger partial charge in [-0.15, -0.1) is 0 Å². The first-order valence-corrected chi connectivity index (χ1v) is 8.62. The molecule has 1 aliphatic rings. The lowest BCUT2D eigenvalue weighted by molar-refractivity contribution is -0.148. The number of hydrogen-bond acceptors (Lipinski definition) is 4. The first kappa shape index (κ1) is 17.9. The molecule has 6 nitrogen and oxygen atoms in total. The molecule has 1 heterocycles. The lowest BCUT2D eigenvalue weighted by Gasteiger charge is -2.33. The Hall–Kier alpha value is -2.86. The zero-order valence-corrected chi connectivity index (χ0v) is 14.4. The van der Waals surface area contributed by atoms with Crippen LogP contribution in [-0.4, -0.2) is 54.2 Å². The van der Waals surface area contributed by atoms with Crippen molar-refractivity contribution in [1.29, 1.82) is 0 Å². The topological polar surface area (TPSA) is 78.9 Å². The number of hydrogen-bond donors (Lipinski definition) is 2. The lowest BCUT2D eigenvalue weighted by Crippen LogP contribution is -2.51. The summed E-state index contributed by atoms with van der Waals surface area (Å²) < 4.78 is 5.53. The standard InChI is InChI=1S/C20H22N2O4/c23-17-8-6-16(7-9-17)20(25)21-12-18-13-22(19(24)14-26-18)11-10-15-4-2-1-3-5-15/h1-9,18,23H,10-14H2,(H,21,25). The molecule has 2 N–H and O–H groups in total. The Kier molecular flexibility index (Phi) is 5.86.